The Labute approximate surface area is 108 Å². The molecule has 5 heteroatoms. The van der Waals surface area contributed by atoms with Gasteiger partial charge in [0.2, 0.25) is 0 Å². The van der Waals surface area contributed by atoms with Gasteiger partial charge in [0.05, 0.1) is 6.04 Å². The van der Waals surface area contributed by atoms with E-state index in [1.54, 1.807) is 6.07 Å². The SMILES string of the molecule is FC[C@@H](c1cc(F)cc(Br)c1)N1CCNCC1. The number of alkyl halides is 1. The summed E-state index contributed by atoms with van der Waals surface area (Å²) in [6.45, 7) is 2.81. The Morgan fingerprint density at radius 1 is 1.29 bits per heavy atom. The normalized spacial score (nSPS) is 19.2. The third-order valence-electron chi connectivity index (χ3n) is 3.01. The largest absolute Gasteiger partial charge is 0.314 e. The van der Waals surface area contributed by atoms with Crippen LogP contribution in [-0.4, -0.2) is 37.8 Å². The molecule has 1 aromatic carbocycles. The van der Waals surface area contributed by atoms with E-state index in [0.29, 0.717) is 10.0 Å². The highest BCUT2D eigenvalue weighted by molar-refractivity contribution is 9.10. The Hall–Kier alpha value is -0.520. The summed E-state index contributed by atoms with van der Waals surface area (Å²) >= 11 is 3.24. The Kier molecular flexibility index (Phi) is 4.48. The van der Waals surface area contributed by atoms with Crippen molar-refractivity contribution in [2.75, 3.05) is 32.9 Å². The molecule has 1 atom stereocenters. The first-order valence-corrected chi connectivity index (χ1v) is 6.46. The molecule has 0 radical (unpaired) electrons. The first kappa shape index (κ1) is 12.9. The van der Waals surface area contributed by atoms with Crippen LogP contribution in [-0.2, 0) is 0 Å². The first-order chi connectivity index (χ1) is 8.20. The van der Waals surface area contributed by atoms with Crippen molar-refractivity contribution >= 4 is 15.9 Å². The van der Waals surface area contributed by atoms with E-state index in [4.69, 9.17) is 0 Å². The quantitative estimate of drug-likeness (QED) is 0.923. The smallest absolute Gasteiger partial charge is 0.124 e. The predicted molar refractivity (Wildman–Crippen MR) is 67.3 cm³/mol. The van der Waals surface area contributed by atoms with Crippen molar-refractivity contribution in [1.82, 2.24) is 10.2 Å². The topological polar surface area (TPSA) is 15.3 Å². The zero-order chi connectivity index (χ0) is 12.3. The molecule has 0 aromatic heterocycles. The molecule has 1 saturated heterocycles. The molecule has 1 aliphatic rings. The minimum absolute atomic E-state index is 0.331. The van der Waals surface area contributed by atoms with E-state index in [0.717, 1.165) is 26.2 Å². The first-order valence-electron chi connectivity index (χ1n) is 5.67. The molecule has 0 amide bonds. The Morgan fingerprint density at radius 3 is 2.59 bits per heavy atom. The summed E-state index contributed by atoms with van der Waals surface area (Å²) in [5, 5.41) is 3.22. The van der Waals surface area contributed by atoms with E-state index in [9.17, 15) is 8.78 Å². The van der Waals surface area contributed by atoms with Gasteiger partial charge in [-0.1, -0.05) is 15.9 Å². The molecule has 1 heterocycles. The van der Waals surface area contributed by atoms with E-state index in [1.807, 2.05) is 0 Å². The zero-order valence-corrected chi connectivity index (χ0v) is 11.0. The summed E-state index contributed by atoms with van der Waals surface area (Å²) < 4.78 is 27.2. The highest BCUT2D eigenvalue weighted by atomic mass is 79.9. The van der Waals surface area contributed by atoms with E-state index in [-0.39, 0.29) is 11.9 Å². The van der Waals surface area contributed by atoms with Crippen molar-refractivity contribution in [3.63, 3.8) is 0 Å². The summed E-state index contributed by atoms with van der Waals surface area (Å²) in [6, 6.07) is 4.24. The fourth-order valence-electron chi connectivity index (χ4n) is 2.16. The molecule has 94 valence electrons. The van der Waals surface area contributed by atoms with Crippen LogP contribution in [0.1, 0.15) is 11.6 Å². The number of hydrogen-bond donors (Lipinski definition) is 1. The number of nitrogens with zero attached hydrogens (tertiary/aromatic N) is 1. The molecule has 0 saturated carbocycles. The van der Waals surface area contributed by atoms with Crippen LogP contribution in [0.2, 0.25) is 0 Å². The van der Waals surface area contributed by atoms with Crippen LogP contribution in [0.3, 0.4) is 0 Å². The highest BCUT2D eigenvalue weighted by Crippen LogP contribution is 2.25. The van der Waals surface area contributed by atoms with Gasteiger partial charge in [-0.15, -0.1) is 0 Å². The zero-order valence-electron chi connectivity index (χ0n) is 9.43. The third kappa shape index (κ3) is 3.24. The van der Waals surface area contributed by atoms with Gasteiger partial charge in [-0.05, 0) is 23.8 Å². The fraction of sp³-hybridized carbons (Fsp3) is 0.500. The molecule has 1 N–H and O–H groups in total. The second-order valence-electron chi connectivity index (χ2n) is 4.16. The summed E-state index contributed by atoms with van der Waals surface area (Å²) in [6.07, 6.45) is 0. The second kappa shape index (κ2) is 5.89. The van der Waals surface area contributed by atoms with Crippen LogP contribution in [0.5, 0.6) is 0 Å². The van der Waals surface area contributed by atoms with Crippen molar-refractivity contribution in [3.8, 4) is 0 Å². The third-order valence-corrected chi connectivity index (χ3v) is 3.47. The molecular weight excluding hydrogens is 290 g/mol. The van der Waals surface area contributed by atoms with E-state index in [2.05, 4.69) is 26.1 Å². The number of rotatable bonds is 3. The molecule has 2 nitrogen and oxygen atoms in total. The molecule has 1 aromatic rings. The Bertz CT molecular complexity index is 361. The van der Waals surface area contributed by atoms with Gasteiger partial charge < -0.3 is 5.32 Å². The molecule has 0 spiro atoms. The summed E-state index contributed by atoms with van der Waals surface area (Å²) in [5.41, 5.74) is 0.696. The van der Waals surface area contributed by atoms with Gasteiger partial charge >= 0.3 is 0 Å². The van der Waals surface area contributed by atoms with Crippen LogP contribution < -0.4 is 5.32 Å². The maximum atomic E-state index is 13.3. The predicted octanol–water partition coefficient (Wildman–Crippen LogP) is 2.50. The van der Waals surface area contributed by atoms with Gasteiger partial charge in [0.1, 0.15) is 12.5 Å². The second-order valence-corrected chi connectivity index (χ2v) is 5.07. The van der Waals surface area contributed by atoms with Crippen LogP contribution in [0.4, 0.5) is 8.78 Å². The van der Waals surface area contributed by atoms with Gasteiger partial charge in [0.15, 0.2) is 0 Å². The molecule has 0 aliphatic carbocycles. The maximum Gasteiger partial charge on any atom is 0.124 e. The van der Waals surface area contributed by atoms with Gasteiger partial charge in [-0.3, -0.25) is 4.90 Å². The lowest BCUT2D eigenvalue weighted by atomic mass is 10.1. The molecule has 2 rings (SSSR count). The van der Waals surface area contributed by atoms with Crippen LogP contribution in [0.15, 0.2) is 22.7 Å². The molecule has 1 aliphatic heterocycles. The van der Waals surface area contributed by atoms with Crippen molar-refractivity contribution < 1.29 is 8.78 Å². The minimum atomic E-state index is -0.490. The van der Waals surface area contributed by atoms with Crippen molar-refractivity contribution in [2.24, 2.45) is 0 Å². The molecule has 0 unspecified atom stereocenters. The molecular formula is C12H15BrF2N2. The van der Waals surface area contributed by atoms with Crippen LogP contribution in [0, 0.1) is 5.82 Å². The van der Waals surface area contributed by atoms with E-state index < -0.39 is 6.67 Å². The molecule has 1 fully saturated rings. The lowest BCUT2D eigenvalue weighted by molar-refractivity contribution is 0.147. The average Bonchev–Trinajstić information content (AvgIpc) is 2.30. The van der Waals surface area contributed by atoms with Gasteiger partial charge in [-0.2, -0.15) is 0 Å². The average molecular weight is 305 g/mol. The van der Waals surface area contributed by atoms with Gasteiger partial charge in [0, 0.05) is 30.7 Å². The number of piperazine rings is 1. The summed E-state index contributed by atoms with van der Waals surface area (Å²) in [4.78, 5) is 2.05. The standard InChI is InChI=1S/C12H15BrF2N2/c13-10-5-9(6-11(15)7-10)12(8-14)17-3-1-16-2-4-17/h5-7,12,16H,1-4,8H2/t12-/m0/s1. The monoisotopic (exact) mass is 304 g/mol. The summed E-state index contributed by atoms with van der Waals surface area (Å²) in [5.74, 6) is -0.331. The number of benzene rings is 1. The summed E-state index contributed by atoms with van der Waals surface area (Å²) in [7, 11) is 0. The Morgan fingerprint density at radius 2 is 2.00 bits per heavy atom. The fourth-order valence-corrected chi connectivity index (χ4v) is 2.64. The minimum Gasteiger partial charge on any atom is -0.314 e. The number of halogens is 3. The molecule has 17 heavy (non-hydrogen) atoms. The lowest BCUT2D eigenvalue weighted by Gasteiger charge is -2.33. The van der Waals surface area contributed by atoms with Crippen molar-refractivity contribution in [1.29, 1.82) is 0 Å². The van der Waals surface area contributed by atoms with Crippen LogP contribution >= 0.6 is 15.9 Å². The number of hydrogen-bond acceptors (Lipinski definition) is 2. The highest BCUT2D eigenvalue weighted by Gasteiger charge is 2.22. The lowest BCUT2D eigenvalue weighted by Crippen LogP contribution is -2.45. The number of nitrogens with one attached hydrogen (secondary N) is 1. The molecule has 0 bridgehead atoms. The van der Waals surface area contributed by atoms with Crippen molar-refractivity contribution in [2.45, 2.75) is 6.04 Å². The van der Waals surface area contributed by atoms with Gasteiger partial charge in [-0.25, -0.2) is 8.78 Å². The van der Waals surface area contributed by atoms with E-state index >= 15 is 0 Å². The maximum absolute atomic E-state index is 13.3. The van der Waals surface area contributed by atoms with E-state index in [1.165, 1.54) is 12.1 Å². The Balaban J connectivity index is 2.21. The van der Waals surface area contributed by atoms with Gasteiger partial charge in [0.25, 0.3) is 0 Å². The van der Waals surface area contributed by atoms with Crippen molar-refractivity contribution in [3.05, 3.63) is 34.1 Å². The van der Waals surface area contributed by atoms with Crippen LogP contribution in [0.25, 0.3) is 0 Å².